The van der Waals surface area contributed by atoms with Gasteiger partial charge in [-0.3, -0.25) is 9.47 Å². The molecule has 48 heavy (non-hydrogen) atoms. The average molecular weight is 668 g/mol. The van der Waals surface area contributed by atoms with Gasteiger partial charge in [-0.15, -0.1) is 13.2 Å². The van der Waals surface area contributed by atoms with Crippen LogP contribution in [-0.2, 0) is 19.7 Å². The smallest absolute Gasteiger partial charge is 0.490 e. The Kier molecular flexibility index (Phi) is 9.90. The zero-order valence-electron chi connectivity index (χ0n) is 26.3. The predicted molar refractivity (Wildman–Crippen MR) is 170 cm³/mol. The van der Waals surface area contributed by atoms with Crippen LogP contribution in [-0.4, -0.2) is 64.6 Å². The zero-order chi connectivity index (χ0) is 33.7. The van der Waals surface area contributed by atoms with E-state index in [0.29, 0.717) is 31.4 Å². The van der Waals surface area contributed by atoms with Crippen LogP contribution in [0.4, 0.5) is 24.7 Å². The molecule has 1 atom stereocenters. The van der Waals surface area contributed by atoms with Gasteiger partial charge in [0, 0.05) is 49.3 Å². The number of rotatable bonds is 12. The topological polar surface area (TPSA) is 104 Å². The fourth-order valence-corrected chi connectivity index (χ4v) is 5.91. The van der Waals surface area contributed by atoms with Crippen molar-refractivity contribution in [2.75, 3.05) is 31.6 Å². The lowest BCUT2D eigenvalue weighted by Crippen LogP contribution is -2.43. The Morgan fingerprint density at radius 2 is 1.52 bits per heavy atom. The molecule has 3 heterocycles. The highest BCUT2D eigenvalue weighted by Gasteiger charge is 2.31. The van der Waals surface area contributed by atoms with Crippen LogP contribution in [0, 0.1) is 10.1 Å². The van der Waals surface area contributed by atoms with Crippen molar-refractivity contribution in [2.45, 2.75) is 57.5 Å². The molecule has 0 bridgehead atoms. The number of nitrogens with zero attached hydrogens (tertiary/aromatic N) is 5. The SMILES string of the molecule is CN(Cc1ccc(OCc2ccc(OC(F)(F)F)cc2)cc1)C1CCN(c2ccc(OC[C@H]3CCn4cc([N+](=O)[O-])nc4O3)cc2)CC1. The van der Waals surface area contributed by atoms with Crippen LogP contribution in [0.5, 0.6) is 23.3 Å². The van der Waals surface area contributed by atoms with Gasteiger partial charge in [-0.25, -0.2) is 0 Å². The third kappa shape index (κ3) is 8.68. The zero-order valence-corrected chi connectivity index (χ0v) is 26.3. The molecule has 0 spiro atoms. The Morgan fingerprint density at radius 3 is 2.19 bits per heavy atom. The monoisotopic (exact) mass is 667 g/mol. The first kappa shape index (κ1) is 32.9. The fourth-order valence-electron chi connectivity index (χ4n) is 5.91. The summed E-state index contributed by atoms with van der Waals surface area (Å²) in [5.41, 5.74) is 3.05. The Hall–Kier alpha value is -4.98. The lowest BCUT2D eigenvalue weighted by atomic mass is 10.0. The standard InChI is InChI=1S/C34H36F3N5O6/c1-39(20-24-2-8-28(9-3-24)45-22-25-4-10-30(11-5-25)48-34(35,36)37)26-14-17-40(18-15-26)27-6-12-29(13-7-27)46-23-31-16-19-41-21-32(42(43)44)38-33(41)47-31/h2-13,21,26,31H,14-20,22-23H2,1H3/t31-/m1/s1. The number of ether oxygens (including phenoxy) is 4. The molecule has 0 aliphatic carbocycles. The van der Waals surface area contributed by atoms with Crippen molar-refractivity contribution in [1.82, 2.24) is 14.5 Å². The van der Waals surface area contributed by atoms with Crippen LogP contribution in [0.1, 0.15) is 30.4 Å². The maximum Gasteiger partial charge on any atom is 0.573 e. The first-order valence-corrected chi connectivity index (χ1v) is 15.7. The predicted octanol–water partition coefficient (Wildman–Crippen LogP) is 6.60. The van der Waals surface area contributed by atoms with Gasteiger partial charge < -0.3 is 34.0 Å². The number of hydrogen-bond donors (Lipinski definition) is 0. The van der Waals surface area contributed by atoms with Crippen molar-refractivity contribution < 1.29 is 37.0 Å². The van der Waals surface area contributed by atoms with Gasteiger partial charge in [0.15, 0.2) is 0 Å². The molecule has 4 aromatic rings. The van der Waals surface area contributed by atoms with Crippen LogP contribution in [0.2, 0.25) is 0 Å². The summed E-state index contributed by atoms with van der Waals surface area (Å²) in [7, 11) is 2.15. The summed E-state index contributed by atoms with van der Waals surface area (Å²) >= 11 is 0. The minimum atomic E-state index is -4.71. The highest BCUT2D eigenvalue weighted by Crippen LogP contribution is 2.28. The molecule has 1 fully saturated rings. The molecule has 0 saturated carbocycles. The van der Waals surface area contributed by atoms with Gasteiger partial charge in [0.05, 0.1) is 0 Å². The number of fused-ring (bicyclic) bond motifs is 1. The van der Waals surface area contributed by atoms with Gasteiger partial charge in [0.1, 0.15) is 42.8 Å². The van der Waals surface area contributed by atoms with E-state index in [-0.39, 0.29) is 30.3 Å². The van der Waals surface area contributed by atoms with Crippen molar-refractivity contribution in [3.63, 3.8) is 0 Å². The van der Waals surface area contributed by atoms with E-state index in [1.165, 1.54) is 23.9 Å². The first-order chi connectivity index (χ1) is 23.1. The molecule has 0 unspecified atom stereocenters. The number of anilines is 1. The number of piperidine rings is 1. The number of aromatic nitrogens is 2. The first-order valence-electron chi connectivity index (χ1n) is 15.7. The Balaban J connectivity index is 0.905. The number of halogens is 3. The molecule has 14 heteroatoms. The second kappa shape index (κ2) is 14.4. The molecule has 0 radical (unpaired) electrons. The summed E-state index contributed by atoms with van der Waals surface area (Å²) in [6.45, 7) is 3.85. The van der Waals surface area contributed by atoms with E-state index in [4.69, 9.17) is 14.2 Å². The number of imidazole rings is 1. The molecule has 0 amide bonds. The van der Waals surface area contributed by atoms with Crippen LogP contribution < -0.4 is 23.8 Å². The molecule has 6 rings (SSSR count). The Labute approximate surface area is 275 Å². The van der Waals surface area contributed by atoms with E-state index in [1.807, 2.05) is 36.4 Å². The number of benzene rings is 3. The van der Waals surface area contributed by atoms with Crippen molar-refractivity contribution in [3.05, 3.63) is 100 Å². The van der Waals surface area contributed by atoms with Gasteiger partial charge in [-0.1, -0.05) is 24.3 Å². The number of aryl methyl sites for hydroxylation is 1. The number of alkyl halides is 3. The van der Waals surface area contributed by atoms with Crippen LogP contribution in [0.25, 0.3) is 0 Å². The second-order valence-corrected chi connectivity index (χ2v) is 11.9. The quantitative estimate of drug-likeness (QED) is 0.122. The molecule has 11 nitrogen and oxygen atoms in total. The minimum Gasteiger partial charge on any atom is -0.490 e. The molecule has 1 saturated heterocycles. The lowest BCUT2D eigenvalue weighted by Gasteiger charge is -2.38. The van der Waals surface area contributed by atoms with Gasteiger partial charge in [-0.2, -0.15) is 0 Å². The third-order valence-corrected chi connectivity index (χ3v) is 8.52. The lowest BCUT2D eigenvalue weighted by molar-refractivity contribution is -0.389. The van der Waals surface area contributed by atoms with Crippen LogP contribution in [0.3, 0.4) is 0 Å². The average Bonchev–Trinajstić information content (AvgIpc) is 3.52. The Bertz CT molecular complexity index is 1660. The highest BCUT2D eigenvalue weighted by molar-refractivity contribution is 5.49. The minimum absolute atomic E-state index is 0.218. The molecule has 3 aromatic carbocycles. The van der Waals surface area contributed by atoms with Gasteiger partial charge >= 0.3 is 18.2 Å². The van der Waals surface area contributed by atoms with Crippen LogP contribution in [0.15, 0.2) is 79.0 Å². The fraction of sp³-hybridized carbons (Fsp3) is 0.382. The van der Waals surface area contributed by atoms with Crippen LogP contribution >= 0.6 is 0 Å². The van der Waals surface area contributed by atoms with Crippen molar-refractivity contribution in [3.8, 4) is 23.3 Å². The number of nitro groups is 1. The summed E-state index contributed by atoms with van der Waals surface area (Å²) in [5.74, 6) is 0.944. The maximum absolute atomic E-state index is 12.4. The summed E-state index contributed by atoms with van der Waals surface area (Å²) in [4.78, 5) is 19.1. The van der Waals surface area contributed by atoms with E-state index >= 15 is 0 Å². The molecule has 2 aliphatic heterocycles. The highest BCUT2D eigenvalue weighted by atomic mass is 19.4. The summed E-state index contributed by atoms with van der Waals surface area (Å²) in [6, 6.07) is 22.3. The van der Waals surface area contributed by atoms with Crippen molar-refractivity contribution in [2.24, 2.45) is 0 Å². The van der Waals surface area contributed by atoms with Gasteiger partial charge in [0.2, 0.25) is 0 Å². The molecule has 1 aromatic heterocycles. The van der Waals surface area contributed by atoms with E-state index in [0.717, 1.165) is 49.5 Å². The second-order valence-electron chi connectivity index (χ2n) is 11.9. The molecular weight excluding hydrogens is 631 g/mol. The number of hydrogen-bond acceptors (Lipinski definition) is 9. The van der Waals surface area contributed by atoms with Crippen molar-refractivity contribution in [1.29, 1.82) is 0 Å². The van der Waals surface area contributed by atoms with Crippen molar-refractivity contribution >= 4 is 11.5 Å². The van der Waals surface area contributed by atoms with E-state index < -0.39 is 11.3 Å². The molecule has 2 aliphatic rings. The molecular formula is C34H36F3N5O6. The van der Waals surface area contributed by atoms with Gasteiger partial charge in [-0.05, 0) is 84.5 Å². The maximum atomic E-state index is 12.4. The molecule has 254 valence electrons. The van der Waals surface area contributed by atoms with Gasteiger partial charge in [0.25, 0.3) is 0 Å². The van der Waals surface area contributed by atoms with E-state index in [1.54, 1.807) is 16.7 Å². The van der Waals surface area contributed by atoms with E-state index in [2.05, 4.69) is 38.7 Å². The summed E-state index contributed by atoms with van der Waals surface area (Å²) < 4.78 is 60.2. The van der Waals surface area contributed by atoms with E-state index in [9.17, 15) is 23.3 Å². The normalized spacial score (nSPS) is 16.7. The third-order valence-electron chi connectivity index (χ3n) is 8.52. The Morgan fingerprint density at radius 1 is 0.896 bits per heavy atom. The summed E-state index contributed by atoms with van der Waals surface area (Å²) in [5, 5.41) is 11.0. The molecule has 0 N–H and O–H groups in total. The largest absolute Gasteiger partial charge is 0.573 e. The summed E-state index contributed by atoms with van der Waals surface area (Å²) in [6.07, 6.45) is -0.803.